The second kappa shape index (κ2) is 6.14. The standard InChI is InChI=1S/C17H19NO3/c19-9-8-15(12-5-2-1-3-6-12)18-17(20)14-11-13(14)16-7-4-10-21-16/h1-7,10,13-15,19H,8-9,11H2,(H,18,20). The van der Waals surface area contributed by atoms with Crippen molar-refractivity contribution in [1.29, 1.82) is 0 Å². The molecule has 1 aliphatic rings. The van der Waals surface area contributed by atoms with Crippen molar-refractivity contribution in [3.8, 4) is 0 Å². The summed E-state index contributed by atoms with van der Waals surface area (Å²) in [5.74, 6) is 1.11. The van der Waals surface area contributed by atoms with Crippen LogP contribution in [0.25, 0.3) is 0 Å². The summed E-state index contributed by atoms with van der Waals surface area (Å²) in [5.41, 5.74) is 1.02. The number of aliphatic hydroxyl groups is 1. The normalized spacial score (nSPS) is 21.8. The predicted molar refractivity (Wildman–Crippen MR) is 78.6 cm³/mol. The number of furan rings is 1. The van der Waals surface area contributed by atoms with E-state index in [1.54, 1.807) is 6.26 Å². The Labute approximate surface area is 123 Å². The molecule has 3 unspecified atom stereocenters. The lowest BCUT2D eigenvalue weighted by atomic mass is 10.0. The second-order valence-corrected chi connectivity index (χ2v) is 5.45. The maximum absolute atomic E-state index is 12.3. The summed E-state index contributed by atoms with van der Waals surface area (Å²) < 4.78 is 5.35. The van der Waals surface area contributed by atoms with E-state index in [0.717, 1.165) is 17.7 Å². The van der Waals surface area contributed by atoms with E-state index in [1.165, 1.54) is 0 Å². The van der Waals surface area contributed by atoms with E-state index in [2.05, 4.69) is 5.32 Å². The molecule has 1 aliphatic carbocycles. The number of rotatable bonds is 6. The Kier molecular flexibility index (Phi) is 4.06. The van der Waals surface area contributed by atoms with Crippen molar-refractivity contribution in [2.75, 3.05) is 6.61 Å². The minimum Gasteiger partial charge on any atom is -0.469 e. The molecular formula is C17H19NO3. The highest BCUT2D eigenvalue weighted by atomic mass is 16.3. The number of carbonyl (C=O) groups excluding carboxylic acids is 1. The molecule has 4 heteroatoms. The number of aliphatic hydroxyl groups excluding tert-OH is 1. The first-order valence-electron chi connectivity index (χ1n) is 7.29. The second-order valence-electron chi connectivity index (χ2n) is 5.45. The minimum atomic E-state index is -0.137. The lowest BCUT2D eigenvalue weighted by Gasteiger charge is -2.18. The number of carbonyl (C=O) groups is 1. The van der Waals surface area contributed by atoms with Crippen LogP contribution in [-0.4, -0.2) is 17.6 Å². The third kappa shape index (κ3) is 3.16. The molecule has 0 aliphatic heterocycles. The Morgan fingerprint density at radius 3 is 2.76 bits per heavy atom. The van der Waals surface area contributed by atoms with Gasteiger partial charge in [-0.2, -0.15) is 0 Å². The van der Waals surface area contributed by atoms with Crippen LogP contribution in [0.3, 0.4) is 0 Å². The fraction of sp³-hybridized carbons (Fsp3) is 0.353. The smallest absolute Gasteiger partial charge is 0.224 e. The highest BCUT2D eigenvalue weighted by molar-refractivity contribution is 5.83. The van der Waals surface area contributed by atoms with Gasteiger partial charge in [-0.1, -0.05) is 30.3 Å². The van der Waals surface area contributed by atoms with Gasteiger partial charge in [-0.15, -0.1) is 0 Å². The highest BCUT2D eigenvalue weighted by Gasteiger charge is 2.46. The van der Waals surface area contributed by atoms with Crippen molar-refractivity contribution < 1.29 is 14.3 Å². The van der Waals surface area contributed by atoms with E-state index in [-0.39, 0.29) is 30.4 Å². The Morgan fingerprint density at radius 1 is 1.29 bits per heavy atom. The van der Waals surface area contributed by atoms with Crippen LogP contribution in [-0.2, 0) is 4.79 Å². The molecule has 0 spiro atoms. The Morgan fingerprint density at radius 2 is 2.10 bits per heavy atom. The zero-order chi connectivity index (χ0) is 14.7. The molecule has 21 heavy (non-hydrogen) atoms. The molecule has 4 nitrogen and oxygen atoms in total. The van der Waals surface area contributed by atoms with Gasteiger partial charge in [0.1, 0.15) is 5.76 Å². The zero-order valence-corrected chi connectivity index (χ0v) is 11.7. The van der Waals surface area contributed by atoms with Crippen LogP contribution in [0.4, 0.5) is 0 Å². The first kappa shape index (κ1) is 13.9. The fourth-order valence-electron chi connectivity index (χ4n) is 2.72. The Hall–Kier alpha value is -2.07. The molecular weight excluding hydrogens is 266 g/mol. The third-order valence-electron chi connectivity index (χ3n) is 3.97. The summed E-state index contributed by atoms with van der Waals surface area (Å²) in [6, 6.07) is 13.4. The van der Waals surface area contributed by atoms with Gasteiger partial charge in [-0.05, 0) is 30.5 Å². The van der Waals surface area contributed by atoms with Crippen LogP contribution >= 0.6 is 0 Å². The van der Waals surface area contributed by atoms with Crippen molar-refractivity contribution in [2.45, 2.75) is 24.8 Å². The van der Waals surface area contributed by atoms with E-state index in [1.807, 2.05) is 42.5 Å². The molecule has 0 saturated heterocycles. The van der Waals surface area contributed by atoms with Crippen molar-refractivity contribution in [2.24, 2.45) is 5.92 Å². The molecule has 110 valence electrons. The quantitative estimate of drug-likeness (QED) is 0.857. The van der Waals surface area contributed by atoms with Gasteiger partial charge in [-0.3, -0.25) is 4.79 Å². The van der Waals surface area contributed by atoms with E-state index in [0.29, 0.717) is 6.42 Å². The van der Waals surface area contributed by atoms with Crippen LogP contribution in [0.5, 0.6) is 0 Å². The lowest BCUT2D eigenvalue weighted by Crippen LogP contribution is -2.30. The first-order chi connectivity index (χ1) is 10.3. The summed E-state index contributed by atoms with van der Waals surface area (Å²) in [5, 5.41) is 12.2. The maximum atomic E-state index is 12.3. The summed E-state index contributed by atoms with van der Waals surface area (Å²) >= 11 is 0. The molecule has 0 radical (unpaired) electrons. The largest absolute Gasteiger partial charge is 0.469 e. The molecule has 1 aromatic heterocycles. The SMILES string of the molecule is O=C(NC(CCO)c1ccccc1)C1CC1c1ccco1. The van der Waals surface area contributed by atoms with Crippen molar-refractivity contribution in [3.63, 3.8) is 0 Å². The molecule has 2 aromatic rings. The summed E-state index contributed by atoms with van der Waals surface area (Å²) in [6.07, 6.45) is 3.00. The van der Waals surface area contributed by atoms with Crippen LogP contribution in [0.15, 0.2) is 53.1 Å². The van der Waals surface area contributed by atoms with Gasteiger partial charge < -0.3 is 14.8 Å². The molecule has 0 bridgehead atoms. The van der Waals surface area contributed by atoms with Gasteiger partial charge in [0.2, 0.25) is 5.91 Å². The number of hydrogen-bond acceptors (Lipinski definition) is 3. The maximum Gasteiger partial charge on any atom is 0.224 e. The Balaban J connectivity index is 1.63. The van der Waals surface area contributed by atoms with Gasteiger partial charge in [0.05, 0.1) is 12.3 Å². The monoisotopic (exact) mass is 285 g/mol. The van der Waals surface area contributed by atoms with E-state index < -0.39 is 0 Å². The molecule has 2 N–H and O–H groups in total. The molecule has 3 atom stereocenters. The van der Waals surface area contributed by atoms with Gasteiger partial charge >= 0.3 is 0 Å². The van der Waals surface area contributed by atoms with Crippen LogP contribution < -0.4 is 5.32 Å². The number of hydrogen-bond donors (Lipinski definition) is 2. The summed E-state index contributed by atoms with van der Waals surface area (Å²) in [7, 11) is 0. The average Bonchev–Trinajstić information content (AvgIpc) is 3.13. The van der Waals surface area contributed by atoms with Crippen LogP contribution in [0, 0.1) is 5.92 Å². The Bertz CT molecular complexity index is 579. The molecule has 1 fully saturated rings. The van der Waals surface area contributed by atoms with E-state index in [9.17, 15) is 9.90 Å². The minimum absolute atomic E-state index is 0.0129. The lowest BCUT2D eigenvalue weighted by molar-refractivity contribution is -0.123. The fourth-order valence-corrected chi connectivity index (χ4v) is 2.72. The highest BCUT2D eigenvalue weighted by Crippen LogP contribution is 2.47. The number of amides is 1. The molecule has 1 saturated carbocycles. The van der Waals surface area contributed by atoms with Gasteiger partial charge in [0, 0.05) is 18.4 Å². The summed E-state index contributed by atoms with van der Waals surface area (Å²) in [6.45, 7) is 0.0477. The third-order valence-corrected chi connectivity index (χ3v) is 3.97. The summed E-state index contributed by atoms with van der Waals surface area (Å²) in [4.78, 5) is 12.3. The topological polar surface area (TPSA) is 62.5 Å². The van der Waals surface area contributed by atoms with Gasteiger partial charge in [0.25, 0.3) is 0 Å². The van der Waals surface area contributed by atoms with Crippen molar-refractivity contribution >= 4 is 5.91 Å². The molecule has 1 heterocycles. The predicted octanol–water partition coefficient (Wildman–Crippen LogP) is 2.62. The molecule has 3 rings (SSSR count). The van der Waals surface area contributed by atoms with Crippen molar-refractivity contribution in [3.05, 3.63) is 60.1 Å². The first-order valence-corrected chi connectivity index (χ1v) is 7.29. The molecule has 1 aromatic carbocycles. The van der Waals surface area contributed by atoms with Crippen LogP contribution in [0.1, 0.15) is 36.1 Å². The van der Waals surface area contributed by atoms with Gasteiger partial charge in [0.15, 0.2) is 0 Å². The van der Waals surface area contributed by atoms with Crippen molar-refractivity contribution in [1.82, 2.24) is 5.32 Å². The molecule has 1 amide bonds. The number of benzene rings is 1. The average molecular weight is 285 g/mol. The zero-order valence-electron chi connectivity index (χ0n) is 11.7. The van der Waals surface area contributed by atoms with E-state index in [4.69, 9.17) is 4.42 Å². The van der Waals surface area contributed by atoms with Crippen LogP contribution in [0.2, 0.25) is 0 Å². The van der Waals surface area contributed by atoms with Gasteiger partial charge in [-0.25, -0.2) is 0 Å². The van der Waals surface area contributed by atoms with E-state index >= 15 is 0 Å². The number of nitrogens with one attached hydrogen (secondary N) is 1.